The van der Waals surface area contributed by atoms with Crippen LogP contribution in [0.25, 0.3) is 0 Å². The molecular formula is C11H14N2O2S. The third-order valence-electron chi connectivity index (χ3n) is 2.70. The van der Waals surface area contributed by atoms with Crippen molar-refractivity contribution < 1.29 is 9.59 Å². The van der Waals surface area contributed by atoms with Gasteiger partial charge in [-0.05, 0) is 25.5 Å². The summed E-state index contributed by atoms with van der Waals surface area (Å²) in [7, 11) is 0. The molecule has 1 N–H and O–H groups in total. The summed E-state index contributed by atoms with van der Waals surface area (Å²) in [4.78, 5) is 26.7. The van der Waals surface area contributed by atoms with Crippen LogP contribution >= 0.6 is 11.3 Å². The summed E-state index contributed by atoms with van der Waals surface area (Å²) in [5.41, 5.74) is 1.13. The van der Waals surface area contributed by atoms with Gasteiger partial charge in [-0.3, -0.25) is 9.59 Å². The van der Waals surface area contributed by atoms with Crippen LogP contribution in [-0.2, 0) is 4.79 Å². The lowest BCUT2D eigenvalue weighted by Gasteiger charge is -2.26. The maximum Gasteiger partial charge on any atom is 0.264 e. The highest BCUT2D eigenvalue weighted by molar-refractivity contribution is 7.14. The molecule has 0 unspecified atom stereocenters. The quantitative estimate of drug-likeness (QED) is 0.791. The number of rotatable bonds is 1. The lowest BCUT2D eigenvalue weighted by molar-refractivity contribution is -0.123. The summed E-state index contributed by atoms with van der Waals surface area (Å²) in [6, 6.07) is 1.90. The number of hydrogen-bond donors (Lipinski definition) is 1. The van der Waals surface area contributed by atoms with E-state index in [1.807, 2.05) is 19.9 Å². The molecule has 1 saturated heterocycles. The lowest BCUT2D eigenvalue weighted by Crippen LogP contribution is -2.49. The lowest BCUT2D eigenvalue weighted by atomic mass is 10.2. The van der Waals surface area contributed by atoms with Crippen LogP contribution in [0.5, 0.6) is 0 Å². The minimum Gasteiger partial charge on any atom is -0.353 e. The van der Waals surface area contributed by atoms with Crippen molar-refractivity contribution in [1.82, 2.24) is 10.2 Å². The number of piperazine rings is 1. The zero-order valence-electron chi connectivity index (χ0n) is 9.37. The maximum atomic E-state index is 12.1. The van der Waals surface area contributed by atoms with Gasteiger partial charge in [-0.2, -0.15) is 0 Å². The molecule has 1 aromatic heterocycles. The third kappa shape index (κ3) is 2.09. The van der Waals surface area contributed by atoms with Crippen molar-refractivity contribution in [2.24, 2.45) is 0 Å². The SMILES string of the molecule is Cc1cc(C(=O)N2CCNC(=O)C2)sc1C. The van der Waals surface area contributed by atoms with Gasteiger partial charge in [-0.25, -0.2) is 0 Å². The van der Waals surface area contributed by atoms with Crippen molar-refractivity contribution in [1.29, 1.82) is 0 Å². The summed E-state index contributed by atoms with van der Waals surface area (Å²) in [5.74, 6) is -0.111. The van der Waals surface area contributed by atoms with Crippen LogP contribution in [0.1, 0.15) is 20.1 Å². The number of nitrogens with one attached hydrogen (secondary N) is 1. The van der Waals surface area contributed by atoms with Gasteiger partial charge < -0.3 is 10.2 Å². The van der Waals surface area contributed by atoms with E-state index < -0.39 is 0 Å². The third-order valence-corrected chi connectivity index (χ3v) is 3.84. The largest absolute Gasteiger partial charge is 0.353 e. The fourth-order valence-corrected chi connectivity index (χ4v) is 2.65. The van der Waals surface area contributed by atoms with E-state index in [1.54, 1.807) is 4.90 Å². The van der Waals surface area contributed by atoms with Gasteiger partial charge in [0, 0.05) is 18.0 Å². The monoisotopic (exact) mass is 238 g/mol. The molecular weight excluding hydrogens is 224 g/mol. The van der Waals surface area contributed by atoms with Crippen LogP contribution in [0.2, 0.25) is 0 Å². The van der Waals surface area contributed by atoms with Crippen LogP contribution in [0.4, 0.5) is 0 Å². The van der Waals surface area contributed by atoms with Gasteiger partial charge >= 0.3 is 0 Å². The molecule has 0 aromatic carbocycles. The highest BCUT2D eigenvalue weighted by Gasteiger charge is 2.23. The van der Waals surface area contributed by atoms with Crippen molar-refractivity contribution in [3.05, 3.63) is 21.4 Å². The molecule has 2 rings (SSSR count). The van der Waals surface area contributed by atoms with E-state index in [2.05, 4.69) is 5.32 Å². The molecule has 5 heteroatoms. The number of nitrogens with zero attached hydrogens (tertiary/aromatic N) is 1. The van der Waals surface area contributed by atoms with Gasteiger partial charge in [0.15, 0.2) is 0 Å². The Kier molecular flexibility index (Phi) is 2.96. The first-order chi connectivity index (χ1) is 7.58. The number of amides is 2. The zero-order valence-corrected chi connectivity index (χ0v) is 10.2. The number of thiophene rings is 1. The number of hydrogen-bond acceptors (Lipinski definition) is 3. The Morgan fingerprint density at radius 1 is 1.50 bits per heavy atom. The molecule has 2 heterocycles. The standard InChI is InChI=1S/C11H14N2O2S/c1-7-5-9(16-8(7)2)11(15)13-4-3-12-10(14)6-13/h5H,3-4,6H2,1-2H3,(H,12,14). The average Bonchev–Trinajstić information content (AvgIpc) is 2.58. The van der Waals surface area contributed by atoms with Gasteiger partial charge in [0.2, 0.25) is 5.91 Å². The number of aryl methyl sites for hydroxylation is 2. The molecule has 86 valence electrons. The van der Waals surface area contributed by atoms with Crippen LogP contribution in [-0.4, -0.2) is 36.3 Å². The van der Waals surface area contributed by atoms with Crippen molar-refractivity contribution in [3.8, 4) is 0 Å². The molecule has 0 spiro atoms. The summed E-state index contributed by atoms with van der Waals surface area (Å²) in [6.45, 7) is 5.31. The fraction of sp³-hybridized carbons (Fsp3) is 0.455. The van der Waals surface area contributed by atoms with Gasteiger partial charge in [0.1, 0.15) is 0 Å². The maximum absolute atomic E-state index is 12.1. The van der Waals surface area contributed by atoms with Crippen molar-refractivity contribution >= 4 is 23.2 Å². The van der Waals surface area contributed by atoms with E-state index in [0.29, 0.717) is 13.1 Å². The minimum absolute atomic E-state index is 0.0314. The van der Waals surface area contributed by atoms with Gasteiger partial charge in [0.05, 0.1) is 11.4 Å². The van der Waals surface area contributed by atoms with E-state index in [0.717, 1.165) is 15.3 Å². The first kappa shape index (κ1) is 11.1. The Balaban J connectivity index is 2.15. The van der Waals surface area contributed by atoms with E-state index >= 15 is 0 Å². The van der Waals surface area contributed by atoms with Crippen LogP contribution in [0.15, 0.2) is 6.07 Å². The Hall–Kier alpha value is -1.36. The molecule has 1 fully saturated rings. The summed E-state index contributed by atoms with van der Waals surface area (Å²) in [6.07, 6.45) is 0. The molecule has 2 amide bonds. The molecule has 0 atom stereocenters. The van der Waals surface area contributed by atoms with E-state index in [9.17, 15) is 9.59 Å². The summed E-state index contributed by atoms with van der Waals surface area (Å²) < 4.78 is 0. The van der Waals surface area contributed by atoms with Crippen LogP contribution in [0.3, 0.4) is 0 Å². The van der Waals surface area contributed by atoms with E-state index in [4.69, 9.17) is 0 Å². The van der Waals surface area contributed by atoms with Gasteiger partial charge in [-0.15, -0.1) is 11.3 Å². The molecule has 1 aromatic rings. The molecule has 1 aliphatic heterocycles. The molecule has 1 aliphatic rings. The smallest absolute Gasteiger partial charge is 0.264 e. The van der Waals surface area contributed by atoms with E-state index in [1.165, 1.54) is 11.3 Å². The summed E-state index contributed by atoms with van der Waals surface area (Å²) in [5, 5.41) is 2.71. The predicted molar refractivity (Wildman–Crippen MR) is 62.7 cm³/mol. The molecule has 0 bridgehead atoms. The number of carbonyl (C=O) groups is 2. The molecule has 0 aliphatic carbocycles. The first-order valence-electron chi connectivity index (χ1n) is 5.21. The van der Waals surface area contributed by atoms with Crippen LogP contribution in [0, 0.1) is 13.8 Å². The number of carbonyl (C=O) groups excluding carboxylic acids is 2. The summed E-state index contributed by atoms with van der Waals surface area (Å²) >= 11 is 1.49. The normalized spacial score (nSPS) is 16.1. The average molecular weight is 238 g/mol. The molecule has 16 heavy (non-hydrogen) atoms. The van der Waals surface area contributed by atoms with Crippen molar-refractivity contribution in [3.63, 3.8) is 0 Å². The van der Waals surface area contributed by atoms with Gasteiger partial charge in [0.25, 0.3) is 5.91 Å². The highest BCUT2D eigenvalue weighted by atomic mass is 32.1. The Labute approximate surface area is 98.3 Å². The highest BCUT2D eigenvalue weighted by Crippen LogP contribution is 2.22. The Morgan fingerprint density at radius 3 is 2.81 bits per heavy atom. The fourth-order valence-electron chi connectivity index (χ4n) is 1.65. The van der Waals surface area contributed by atoms with Crippen LogP contribution < -0.4 is 5.32 Å². The molecule has 0 saturated carbocycles. The second kappa shape index (κ2) is 4.25. The Morgan fingerprint density at radius 2 is 2.25 bits per heavy atom. The minimum atomic E-state index is -0.0791. The second-order valence-corrected chi connectivity index (χ2v) is 5.18. The van der Waals surface area contributed by atoms with E-state index in [-0.39, 0.29) is 18.4 Å². The molecule has 0 radical (unpaired) electrons. The second-order valence-electron chi connectivity index (χ2n) is 3.93. The van der Waals surface area contributed by atoms with Gasteiger partial charge in [-0.1, -0.05) is 0 Å². The first-order valence-corrected chi connectivity index (χ1v) is 6.02. The predicted octanol–water partition coefficient (Wildman–Crippen LogP) is 0.937. The van der Waals surface area contributed by atoms with Crippen molar-refractivity contribution in [2.45, 2.75) is 13.8 Å². The Bertz CT molecular complexity index is 420. The van der Waals surface area contributed by atoms with Crippen molar-refractivity contribution in [2.75, 3.05) is 19.6 Å². The molecule has 4 nitrogen and oxygen atoms in total. The zero-order chi connectivity index (χ0) is 11.7. The topological polar surface area (TPSA) is 49.4 Å².